The van der Waals surface area contributed by atoms with Crippen molar-refractivity contribution >= 4 is 0 Å². The molecule has 0 aromatic heterocycles. The van der Waals surface area contributed by atoms with Crippen molar-refractivity contribution in [2.24, 2.45) is 0 Å². The maximum Gasteiger partial charge on any atom is 0.118 e. The highest BCUT2D eigenvalue weighted by Crippen LogP contribution is 2.11. The Morgan fingerprint density at radius 2 is 1.87 bits per heavy atom. The molecule has 1 aromatic carbocycles. The Morgan fingerprint density at radius 1 is 1.13 bits per heavy atom. The van der Waals surface area contributed by atoms with Gasteiger partial charge in [-0.15, -0.1) is 0 Å². The lowest BCUT2D eigenvalue weighted by Crippen LogP contribution is -2.00. The van der Waals surface area contributed by atoms with Crippen molar-refractivity contribution in [1.29, 1.82) is 0 Å². The van der Waals surface area contributed by atoms with Crippen molar-refractivity contribution in [3.8, 4) is 5.75 Å². The zero-order valence-corrected chi connectivity index (χ0v) is 9.37. The van der Waals surface area contributed by atoms with Crippen LogP contribution < -0.4 is 4.74 Å². The van der Waals surface area contributed by atoms with E-state index in [1.807, 2.05) is 12.1 Å². The number of unbranched alkanes of at least 4 members (excludes halogenated alkanes) is 1. The maximum atomic E-state index is 5.46. The first-order valence-corrected chi connectivity index (χ1v) is 5.36. The summed E-state index contributed by atoms with van der Waals surface area (Å²) < 4.78 is 10.6. The molecule has 0 atom stereocenters. The molecule has 15 heavy (non-hydrogen) atoms. The maximum absolute atomic E-state index is 5.46. The quantitative estimate of drug-likeness (QED) is 0.640. The lowest BCUT2D eigenvalue weighted by Gasteiger charge is -2.04. The van der Waals surface area contributed by atoms with Crippen LogP contribution in [0.2, 0.25) is 0 Å². The van der Waals surface area contributed by atoms with E-state index in [1.165, 1.54) is 5.56 Å². The number of hydrogen-bond donors (Lipinski definition) is 0. The van der Waals surface area contributed by atoms with Crippen LogP contribution in [-0.4, -0.2) is 20.3 Å². The number of ether oxygens (including phenoxy) is 2. The van der Waals surface area contributed by atoms with Gasteiger partial charge in [-0.1, -0.05) is 25.5 Å². The minimum atomic E-state index is 0.784. The molecule has 1 aromatic rings. The highest BCUT2D eigenvalue weighted by molar-refractivity contribution is 5.27. The molecule has 0 aliphatic heterocycles. The molecule has 0 spiro atoms. The molecule has 0 fully saturated rings. The first-order valence-electron chi connectivity index (χ1n) is 5.36. The van der Waals surface area contributed by atoms with E-state index in [-0.39, 0.29) is 0 Å². The van der Waals surface area contributed by atoms with E-state index < -0.39 is 0 Å². The fourth-order valence-electron chi connectivity index (χ4n) is 1.29. The summed E-state index contributed by atoms with van der Waals surface area (Å²) in [6, 6.07) is 8.10. The smallest absolute Gasteiger partial charge is 0.118 e. The van der Waals surface area contributed by atoms with E-state index in [1.54, 1.807) is 7.11 Å². The van der Waals surface area contributed by atoms with Crippen LogP contribution in [-0.2, 0) is 11.2 Å². The molecule has 0 N–H and O–H groups in total. The Morgan fingerprint density at radius 3 is 2.47 bits per heavy atom. The average molecular weight is 207 g/mol. The zero-order valence-electron chi connectivity index (χ0n) is 9.37. The van der Waals surface area contributed by atoms with Gasteiger partial charge in [0.05, 0.1) is 13.7 Å². The van der Waals surface area contributed by atoms with Crippen LogP contribution in [0.25, 0.3) is 0 Å². The van der Waals surface area contributed by atoms with Crippen LogP contribution in [0.3, 0.4) is 0 Å². The molecule has 83 valence electrons. The van der Waals surface area contributed by atoms with Crippen molar-refractivity contribution in [3.63, 3.8) is 0 Å². The normalized spacial score (nSPS) is 10.3. The molecule has 0 heterocycles. The van der Waals surface area contributed by atoms with Crippen molar-refractivity contribution in [1.82, 2.24) is 0 Å². The average Bonchev–Trinajstić information content (AvgIpc) is 2.30. The zero-order chi connectivity index (χ0) is 10.9. The summed E-state index contributed by atoms with van der Waals surface area (Å²) in [5, 5.41) is 0. The van der Waals surface area contributed by atoms with Gasteiger partial charge < -0.3 is 9.47 Å². The second-order valence-electron chi connectivity index (χ2n) is 3.42. The summed E-state index contributed by atoms with van der Waals surface area (Å²) in [5.74, 6) is 0.900. The number of methoxy groups -OCH3 is 1. The van der Waals surface area contributed by atoms with Gasteiger partial charge in [-0.25, -0.2) is 0 Å². The van der Waals surface area contributed by atoms with E-state index in [2.05, 4.69) is 19.1 Å². The summed E-state index contributed by atoms with van der Waals surface area (Å²) >= 11 is 0. The van der Waals surface area contributed by atoms with Crippen LogP contribution in [0.5, 0.6) is 5.75 Å². The third kappa shape index (κ3) is 4.84. The number of hydrogen-bond acceptors (Lipinski definition) is 2. The Bertz CT molecular complexity index is 254. The van der Waals surface area contributed by atoms with Crippen LogP contribution in [0.4, 0.5) is 0 Å². The third-order valence-corrected chi connectivity index (χ3v) is 2.23. The van der Waals surface area contributed by atoms with Gasteiger partial charge in [0, 0.05) is 6.61 Å². The summed E-state index contributed by atoms with van der Waals surface area (Å²) in [7, 11) is 1.68. The first-order chi connectivity index (χ1) is 7.36. The molecule has 0 saturated heterocycles. The third-order valence-electron chi connectivity index (χ3n) is 2.23. The Kier molecular flexibility index (Phi) is 5.86. The van der Waals surface area contributed by atoms with Gasteiger partial charge >= 0.3 is 0 Å². The van der Waals surface area contributed by atoms with Crippen LogP contribution in [0, 0.1) is 6.92 Å². The van der Waals surface area contributed by atoms with E-state index in [4.69, 9.17) is 9.47 Å². The molecule has 0 bridgehead atoms. The highest BCUT2D eigenvalue weighted by atomic mass is 16.5. The summed E-state index contributed by atoms with van der Waals surface area (Å²) in [4.78, 5) is 0. The van der Waals surface area contributed by atoms with Gasteiger partial charge in [-0.05, 0) is 30.5 Å². The fourth-order valence-corrected chi connectivity index (χ4v) is 1.29. The molecule has 0 saturated carbocycles. The summed E-state index contributed by atoms with van der Waals surface area (Å²) in [5.41, 5.74) is 1.28. The monoisotopic (exact) mass is 207 g/mol. The minimum Gasteiger partial charge on any atom is -0.497 e. The molecule has 2 heteroatoms. The molecule has 0 aliphatic carbocycles. The van der Waals surface area contributed by atoms with Crippen LogP contribution in [0.15, 0.2) is 24.3 Å². The molecule has 2 nitrogen and oxygen atoms in total. The standard InChI is InChI=1S/C13H19O2/c1-3-4-10-15-11-9-12-5-7-13(14-2)8-6-12/h5-8H,1,3-4,9-11H2,2H3. The van der Waals surface area contributed by atoms with Crippen molar-refractivity contribution < 1.29 is 9.47 Å². The highest BCUT2D eigenvalue weighted by Gasteiger charge is 1.94. The number of rotatable bonds is 7. The largest absolute Gasteiger partial charge is 0.497 e. The fraction of sp³-hybridized carbons (Fsp3) is 0.462. The molecule has 0 aliphatic rings. The second kappa shape index (κ2) is 7.30. The minimum absolute atomic E-state index is 0.784. The second-order valence-corrected chi connectivity index (χ2v) is 3.42. The molecular weight excluding hydrogens is 188 g/mol. The lowest BCUT2D eigenvalue weighted by atomic mass is 10.1. The first kappa shape index (κ1) is 12.1. The van der Waals surface area contributed by atoms with Crippen LogP contribution in [0.1, 0.15) is 18.4 Å². The van der Waals surface area contributed by atoms with Crippen molar-refractivity contribution in [3.05, 3.63) is 36.8 Å². The van der Waals surface area contributed by atoms with Gasteiger partial charge in [-0.3, -0.25) is 0 Å². The summed E-state index contributed by atoms with van der Waals surface area (Å²) in [6.45, 7) is 5.37. The molecule has 0 amide bonds. The lowest BCUT2D eigenvalue weighted by molar-refractivity contribution is 0.135. The molecule has 0 unspecified atom stereocenters. The van der Waals surface area contributed by atoms with Gasteiger partial charge in [0.1, 0.15) is 5.75 Å². The molecule has 1 radical (unpaired) electrons. The predicted octanol–water partition coefficient (Wildman–Crippen LogP) is 2.87. The van der Waals surface area contributed by atoms with E-state index in [9.17, 15) is 0 Å². The van der Waals surface area contributed by atoms with Gasteiger partial charge in [0.25, 0.3) is 0 Å². The van der Waals surface area contributed by atoms with Crippen molar-refractivity contribution in [2.75, 3.05) is 20.3 Å². The predicted molar refractivity (Wildman–Crippen MR) is 62.1 cm³/mol. The van der Waals surface area contributed by atoms with E-state index in [0.717, 1.165) is 38.2 Å². The van der Waals surface area contributed by atoms with Gasteiger partial charge in [-0.2, -0.15) is 0 Å². The van der Waals surface area contributed by atoms with Crippen LogP contribution >= 0.6 is 0 Å². The molecular formula is C13H19O2. The van der Waals surface area contributed by atoms with E-state index >= 15 is 0 Å². The van der Waals surface area contributed by atoms with Gasteiger partial charge in [0.2, 0.25) is 0 Å². The Hall–Kier alpha value is -1.02. The topological polar surface area (TPSA) is 18.5 Å². The van der Waals surface area contributed by atoms with Crippen molar-refractivity contribution in [2.45, 2.75) is 19.3 Å². The SMILES string of the molecule is [CH2]CCCOCCc1ccc(OC)cc1. The summed E-state index contributed by atoms with van der Waals surface area (Å²) in [6.07, 6.45) is 2.95. The Labute approximate surface area is 92.2 Å². The number of benzene rings is 1. The van der Waals surface area contributed by atoms with E-state index in [0.29, 0.717) is 0 Å². The van der Waals surface area contributed by atoms with Gasteiger partial charge in [0.15, 0.2) is 0 Å². The molecule has 1 rings (SSSR count). The Balaban J connectivity index is 2.20.